The number of rotatable bonds is 5. The van der Waals surface area contributed by atoms with Crippen LogP contribution in [0, 0.1) is 45.3 Å². The van der Waals surface area contributed by atoms with Gasteiger partial charge in [-0.2, -0.15) is 15.8 Å². The van der Waals surface area contributed by atoms with E-state index in [0.29, 0.717) is 22.6 Å². The van der Waals surface area contributed by atoms with Gasteiger partial charge in [0, 0.05) is 30.5 Å². The van der Waals surface area contributed by atoms with Crippen molar-refractivity contribution < 1.29 is 19.0 Å². The fourth-order valence-corrected chi connectivity index (χ4v) is 5.14. The number of allylic oxidation sites excluding steroid dienone is 2. The second-order valence-electron chi connectivity index (χ2n) is 8.70. The van der Waals surface area contributed by atoms with Gasteiger partial charge in [-0.05, 0) is 17.2 Å². The van der Waals surface area contributed by atoms with Crippen molar-refractivity contribution in [3.63, 3.8) is 0 Å². The Balaban J connectivity index is 1.80. The average molecular weight is 496 g/mol. The van der Waals surface area contributed by atoms with Crippen LogP contribution in [-0.4, -0.2) is 38.3 Å². The van der Waals surface area contributed by atoms with Gasteiger partial charge in [-0.3, -0.25) is 0 Å². The van der Waals surface area contributed by atoms with Gasteiger partial charge in [-0.15, -0.1) is 0 Å². The maximum Gasteiger partial charge on any atom is 0.410 e. The maximum absolute atomic E-state index is 13.0. The molecule has 2 aliphatic rings. The summed E-state index contributed by atoms with van der Waals surface area (Å²) in [6.45, 7) is 0.390. The zero-order valence-corrected chi connectivity index (χ0v) is 20.5. The highest BCUT2D eigenvalue weighted by Gasteiger charge is 2.55. The summed E-state index contributed by atoms with van der Waals surface area (Å²) in [7, 11) is 2.96. The summed E-state index contributed by atoms with van der Waals surface area (Å²) < 4.78 is 16.6. The van der Waals surface area contributed by atoms with Gasteiger partial charge in [0.15, 0.2) is 16.9 Å². The standard InChI is InChI=1S/C28H25N5O4/c1-35-23-10-6-9-20(25(23)36-2)24-22-14-33(27(34)37-15-18-7-4-3-5-8-18)12-11-19(22)21(13-29)26(32)28(24,16-30)17-31/h3-11,22,24H,12,14-15,32H2,1-2H3/t22-,24+/m1/s1. The van der Waals surface area contributed by atoms with Crippen molar-refractivity contribution in [2.45, 2.75) is 12.5 Å². The second-order valence-corrected chi connectivity index (χ2v) is 8.70. The predicted molar refractivity (Wildman–Crippen MR) is 133 cm³/mol. The number of hydrogen-bond acceptors (Lipinski definition) is 8. The summed E-state index contributed by atoms with van der Waals surface area (Å²) in [6, 6.07) is 20.7. The predicted octanol–water partition coefficient (Wildman–Crippen LogP) is 3.77. The lowest BCUT2D eigenvalue weighted by Gasteiger charge is -2.45. The van der Waals surface area contributed by atoms with Crippen LogP contribution < -0.4 is 15.2 Å². The number of hydrogen-bond donors (Lipinski definition) is 1. The van der Waals surface area contributed by atoms with Crippen molar-refractivity contribution in [2.24, 2.45) is 17.1 Å². The monoisotopic (exact) mass is 495 g/mol. The second kappa shape index (κ2) is 10.4. The van der Waals surface area contributed by atoms with Gasteiger partial charge in [0.1, 0.15) is 12.7 Å². The molecule has 186 valence electrons. The van der Waals surface area contributed by atoms with E-state index in [-0.39, 0.29) is 31.0 Å². The van der Waals surface area contributed by atoms with E-state index >= 15 is 0 Å². The van der Waals surface area contributed by atoms with Crippen LogP contribution in [0.1, 0.15) is 17.0 Å². The van der Waals surface area contributed by atoms with E-state index in [9.17, 15) is 20.6 Å². The number of fused-ring (bicyclic) bond motifs is 1. The molecule has 0 spiro atoms. The maximum atomic E-state index is 13.0. The molecule has 1 aliphatic heterocycles. The molecule has 0 saturated heterocycles. The summed E-state index contributed by atoms with van der Waals surface area (Å²) in [6.07, 6.45) is 1.19. The lowest BCUT2D eigenvalue weighted by Crippen LogP contribution is -2.49. The van der Waals surface area contributed by atoms with Crippen molar-refractivity contribution >= 4 is 6.09 Å². The van der Waals surface area contributed by atoms with Gasteiger partial charge >= 0.3 is 6.09 Å². The zero-order valence-electron chi connectivity index (χ0n) is 20.5. The molecule has 0 radical (unpaired) electrons. The number of ether oxygens (including phenoxy) is 3. The first kappa shape index (κ1) is 25.2. The van der Waals surface area contributed by atoms with E-state index in [1.165, 1.54) is 19.1 Å². The van der Waals surface area contributed by atoms with Crippen molar-refractivity contribution in [2.75, 3.05) is 27.3 Å². The minimum absolute atomic E-state index is 0.0866. The van der Waals surface area contributed by atoms with Gasteiger partial charge in [0.25, 0.3) is 0 Å². The molecule has 2 aromatic rings. The molecule has 1 heterocycles. The number of benzene rings is 2. The molecule has 0 saturated carbocycles. The molecule has 37 heavy (non-hydrogen) atoms. The van der Waals surface area contributed by atoms with Crippen molar-refractivity contribution in [3.8, 4) is 29.7 Å². The summed E-state index contributed by atoms with van der Waals surface area (Å²) in [5.74, 6) is -0.707. The molecule has 0 bridgehead atoms. The molecule has 0 aromatic heterocycles. The van der Waals surface area contributed by atoms with Crippen LogP contribution in [0.4, 0.5) is 4.79 Å². The fourth-order valence-electron chi connectivity index (χ4n) is 5.14. The van der Waals surface area contributed by atoms with Gasteiger partial charge < -0.3 is 24.8 Å². The average Bonchev–Trinajstić information content (AvgIpc) is 2.95. The largest absolute Gasteiger partial charge is 0.493 e. The Kier molecular flexibility index (Phi) is 7.04. The van der Waals surface area contributed by atoms with E-state index < -0.39 is 23.3 Å². The molecule has 2 aromatic carbocycles. The Labute approximate surface area is 215 Å². The molecular formula is C28H25N5O4. The molecule has 0 fully saturated rings. The summed E-state index contributed by atoms with van der Waals surface area (Å²) in [5.41, 5.74) is 6.42. The summed E-state index contributed by atoms with van der Waals surface area (Å²) >= 11 is 0. The Morgan fingerprint density at radius 3 is 2.43 bits per heavy atom. The molecule has 1 aliphatic carbocycles. The summed E-state index contributed by atoms with van der Waals surface area (Å²) in [4.78, 5) is 14.5. The van der Waals surface area contributed by atoms with E-state index in [2.05, 4.69) is 18.2 Å². The van der Waals surface area contributed by atoms with E-state index in [0.717, 1.165) is 5.56 Å². The minimum Gasteiger partial charge on any atom is -0.493 e. The van der Waals surface area contributed by atoms with Crippen LogP contribution in [0.5, 0.6) is 11.5 Å². The first-order valence-electron chi connectivity index (χ1n) is 11.6. The lowest BCUT2D eigenvalue weighted by atomic mass is 9.58. The molecule has 0 unspecified atom stereocenters. The molecule has 4 rings (SSSR count). The quantitative estimate of drug-likeness (QED) is 0.660. The van der Waals surface area contributed by atoms with Gasteiger partial charge in [-0.25, -0.2) is 4.79 Å². The van der Waals surface area contributed by atoms with Crippen LogP contribution in [0.25, 0.3) is 0 Å². The highest BCUT2D eigenvalue weighted by molar-refractivity contribution is 5.70. The fraction of sp³-hybridized carbons (Fsp3) is 0.286. The first-order valence-corrected chi connectivity index (χ1v) is 11.6. The number of carbonyl (C=O) groups excluding carboxylic acids is 1. The molecule has 1 amide bonds. The van der Waals surface area contributed by atoms with Crippen molar-refractivity contribution in [1.29, 1.82) is 15.8 Å². The summed E-state index contributed by atoms with van der Waals surface area (Å²) in [5, 5.41) is 30.6. The van der Waals surface area contributed by atoms with E-state index in [1.807, 2.05) is 30.3 Å². The number of nitrogens with zero attached hydrogens (tertiary/aromatic N) is 4. The molecule has 2 atom stereocenters. The third-order valence-corrected chi connectivity index (χ3v) is 6.90. The number of nitrogens with two attached hydrogens (primary N) is 1. The van der Waals surface area contributed by atoms with Crippen LogP contribution in [-0.2, 0) is 11.3 Å². The molecule has 2 N–H and O–H groups in total. The topological polar surface area (TPSA) is 145 Å². The van der Waals surface area contributed by atoms with E-state index in [1.54, 1.807) is 24.3 Å². The minimum atomic E-state index is -1.89. The SMILES string of the molecule is COc1cccc([C@H]2[C@@H]3CN(C(=O)OCc4ccccc4)CC=C3C(C#N)=C(N)C2(C#N)C#N)c1OC. The van der Waals surface area contributed by atoms with Gasteiger partial charge in [0.2, 0.25) is 0 Å². The smallest absolute Gasteiger partial charge is 0.410 e. The molecular weight excluding hydrogens is 470 g/mol. The van der Waals surface area contributed by atoms with Crippen LogP contribution >= 0.6 is 0 Å². The number of methoxy groups -OCH3 is 2. The van der Waals surface area contributed by atoms with Gasteiger partial charge in [-0.1, -0.05) is 48.5 Å². The first-order chi connectivity index (χ1) is 17.9. The van der Waals surface area contributed by atoms with Crippen molar-refractivity contribution in [3.05, 3.63) is 82.6 Å². The third-order valence-electron chi connectivity index (χ3n) is 6.90. The van der Waals surface area contributed by atoms with Crippen LogP contribution in [0.3, 0.4) is 0 Å². The number of amides is 1. The van der Waals surface area contributed by atoms with Crippen LogP contribution in [0.2, 0.25) is 0 Å². The highest BCUT2D eigenvalue weighted by atomic mass is 16.6. The Morgan fingerprint density at radius 1 is 1.08 bits per heavy atom. The highest BCUT2D eigenvalue weighted by Crippen LogP contribution is 2.56. The van der Waals surface area contributed by atoms with Crippen LogP contribution in [0.15, 0.2) is 71.5 Å². The Hall–Kier alpha value is -4.94. The zero-order chi connectivity index (χ0) is 26.6. The Bertz CT molecular complexity index is 1380. The molecule has 9 heteroatoms. The van der Waals surface area contributed by atoms with Gasteiger partial charge in [0.05, 0.1) is 37.6 Å². The molecule has 9 nitrogen and oxygen atoms in total. The Morgan fingerprint density at radius 2 is 1.81 bits per heavy atom. The number of para-hydroxylation sites is 1. The lowest BCUT2D eigenvalue weighted by molar-refractivity contribution is 0.0897. The number of carbonyl (C=O) groups is 1. The third kappa shape index (κ3) is 4.20. The normalized spacial score (nSPS) is 19.9. The van der Waals surface area contributed by atoms with E-state index in [4.69, 9.17) is 19.9 Å². The number of nitriles is 3. The van der Waals surface area contributed by atoms with Crippen molar-refractivity contribution in [1.82, 2.24) is 4.90 Å².